The summed E-state index contributed by atoms with van der Waals surface area (Å²) >= 11 is 6.15. The van der Waals surface area contributed by atoms with Crippen molar-refractivity contribution in [1.82, 2.24) is 14.9 Å². The maximum atomic E-state index is 11.7. The number of sulfonamides is 1. The molecular weight excluding hydrogens is 338 g/mol. The summed E-state index contributed by atoms with van der Waals surface area (Å²) in [5.74, 6) is 0.446. The molecule has 2 atom stereocenters. The Hall–Kier alpha value is -1.15. The molecule has 0 radical (unpaired) electrons. The fourth-order valence-electron chi connectivity index (χ4n) is 3.95. The van der Waals surface area contributed by atoms with Gasteiger partial charge in [-0.15, -0.1) is 0 Å². The van der Waals surface area contributed by atoms with Crippen molar-refractivity contribution < 1.29 is 13.5 Å². The molecule has 1 heterocycles. The van der Waals surface area contributed by atoms with Crippen LogP contribution in [0.3, 0.4) is 0 Å². The average Bonchev–Trinajstić information content (AvgIpc) is 2.88. The third kappa shape index (κ3) is 2.46. The van der Waals surface area contributed by atoms with Gasteiger partial charge in [0.2, 0.25) is 10.0 Å². The van der Waals surface area contributed by atoms with Gasteiger partial charge < -0.3 is 5.11 Å². The van der Waals surface area contributed by atoms with Crippen molar-refractivity contribution >= 4 is 32.5 Å². The molecule has 0 aliphatic heterocycles. The number of halogens is 1. The van der Waals surface area contributed by atoms with Crippen molar-refractivity contribution in [1.29, 1.82) is 0 Å². The van der Waals surface area contributed by atoms with Gasteiger partial charge in [0, 0.05) is 16.5 Å². The van der Waals surface area contributed by atoms with E-state index < -0.39 is 15.6 Å². The first-order valence-corrected chi connectivity index (χ1v) is 9.71. The van der Waals surface area contributed by atoms with Gasteiger partial charge in [0.25, 0.3) is 0 Å². The van der Waals surface area contributed by atoms with Crippen LogP contribution in [0.15, 0.2) is 18.3 Å². The SMILES string of the molecule is CCS(=O)(=O)NC1C2CC(O)(c3cc(Cl)cc4[nH]ncc34)CC21. The highest BCUT2D eigenvalue weighted by Gasteiger charge is 2.62. The van der Waals surface area contributed by atoms with Crippen LogP contribution >= 0.6 is 11.6 Å². The van der Waals surface area contributed by atoms with E-state index in [-0.39, 0.29) is 23.6 Å². The molecular formula is C15H18ClN3O3S. The first-order valence-electron chi connectivity index (χ1n) is 7.68. The van der Waals surface area contributed by atoms with Crippen molar-refractivity contribution in [3.05, 3.63) is 28.9 Å². The molecule has 124 valence electrons. The molecule has 2 saturated carbocycles. The molecule has 1 aromatic heterocycles. The van der Waals surface area contributed by atoms with Gasteiger partial charge in [-0.2, -0.15) is 5.10 Å². The van der Waals surface area contributed by atoms with Crippen molar-refractivity contribution in [2.75, 3.05) is 5.75 Å². The lowest BCUT2D eigenvalue weighted by atomic mass is 9.86. The second-order valence-corrected chi connectivity index (χ2v) is 9.08. The number of nitrogens with one attached hydrogen (secondary N) is 2. The number of hydrogen-bond donors (Lipinski definition) is 3. The normalized spacial score (nSPS) is 33.1. The summed E-state index contributed by atoms with van der Waals surface area (Å²) in [6, 6.07) is 3.53. The van der Waals surface area contributed by atoms with Crippen molar-refractivity contribution in [2.24, 2.45) is 11.8 Å². The Labute approximate surface area is 139 Å². The fourth-order valence-corrected chi connectivity index (χ4v) is 5.10. The zero-order valence-corrected chi connectivity index (χ0v) is 14.2. The lowest BCUT2D eigenvalue weighted by Gasteiger charge is -2.27. The number of aliphatic hydroxyl groups is 1. The van der Waals surface area contributed by atoms with Crippen LogP contribution in [0.1, 0.15) is 25.3 Å². The lowest BCUT2D eigenvalue weighted by molar-refractivity contribution is 0.0303. The number of fused-ring (bicyclic) bond motifs is 2. The van der Waals surface area contributed by atoms with E-state index in [1.54, 1.807) is 25.3 Å². The van der Waals surface area contributed by atoms with Gasteiger partial charge in [0.05, 0.1) is 23.1 Å². The number of hydrogen-bond acceptors (Lipinski definition) is 4. The maximum Gasteiger partial charge on any atom is 0.211 e. The predicted octanol–water partition coefficient (Wildman–Crippen LogP) is 1.75. The molecule has 0 spiro atoms. The largest absolute Gasteiger partial charge is 0.385 e. The molecule has 8 heteroatoms. The summed E-state index contributed by atoms with van der Waals surface area (Å²) < 4.78 is 26.1. The number of benzene rings is 1. The van der Waals surface area contributed by atoms with Gasteiger partial charge >= 0.3 is 0 Å². The second-order valence-electron chi connectivity index (χ2n) is 6.60. The quantitative estimate of drug-likeness (QED) is 0.778. The Morgan fingerprint density at radius 3 is 2.78 bits per heavy atom. The number of H-pyrrole nitrogens is 1. The molecule has 1 aromatic carbocycles. The topological polar surface area (TPSA) is 95.1 Å². The molecule has 23 heavy (non-hydrogen) atoms. The van der Waals surface area contributed by atoms with Gasteiger partial charge in [-0.25, -0.2) is 13.1 Å². The van der Waals surface area contributed by atoms with Crippen LogP contribution < -0.4 is 4.72 Å². The van der Waals surface area contributed by atoms with Crippen LogP contribution in [0.5, 0.6) is 0 Å². The minimum atomic E-state index is -3.20. The van der Waals surface area contributed by atoms with Crippen molar-refractivity contribution in [3.8, 4) is 0 Å². The van der Waals surface area contributed by atoms with Gasteiger partial charge in [0.15, 0.2) is 0 Å². The van der Waals surface area contributed by atoms with Crippen LogP contribution in [0.2, 0.25) is 5.02 Å². The molecule has 4 rings (SSSR count). The Morgan fingerprint density at radius 2 is 2.13 bits per heavy atom. The van der Waals surface area contributed by atoms with Crippen LogP contribution in [-0.4, -0.2) is 35.5 Å². The number of aromatic nitrogens is 2. The van der Waals surface area contributed by atoms with Gasteiger partial charge in [0.1, 0.15) is 0 Å². The molecule has 0 amide bonds. The van der Waals surface area contributed by atoms with E-state index in [1.165, 1.54) is 0 Å². The molecule has 2 aromatic rings. The van der Waals surface area contributed by atoms with Crippen molar-refractivity contribution in [3.63, 3.8) is 0 Å². The number of aromatic amines is 1. The molecule has 6 nitrogen and oxygen atoms in total. The molecule has 2 aliphatic rings. The first-order chi connectivity index (χ1) is 10.8. The third-order valence-corrected chi connectivity index (χ3v) is 6.81. The van der Waals surface area contributed by atoms with E-state index in [0.717, 1.165) is 16.5 Å². The van der Waals surface area contributed by atoms with Crippen LogP contribution in [0, 0.1) is 11.8 Å². The maximum absolute atomic E-state index is 11.7. The Bertz CT molecular complexity index is 867. The summed E-state index contributed by atoms with van der Waals surface area (Å²) in [6.07, 6.45) is 2.77. The minimum Gasteiger partial charge on any atom is -0.385 e. The highest BCUT2D eigenvalue weighted by Crippen LogP contribution is 2.60. The molecule has 0 bridgehead atoms. The smallest absolute Gasteiger partial charge is 0.211 e. The van der Waals surface area contributed by atoms with Gasteiger partial charge in [-0.1, -0.05) is 11.6 Å². The molecule has 2 aliphatic carbocycles. The Kier molecular flexibility index (Phi) is 3.29. The number of rotatable bonds is 4. The summed E-state index contributed by atoms with van der Waals surface area (Å²) in [7, 11) is -3.20. The van der Waals surface area contributed by atoms with Crippen LogP contribution in [-0.2, 0) is 15.6 Å². The van der Waals surface area contributed by atoms with Gasteiger partial charge in [-0.3, -0.25) is 5.10 Å². The second kappa shape index (κ2) is 4.92. The summed E-state index contributed by atoms with van der Waals surface area (Å²) in [4.78, 5) is 0. The van der Waals surface area contributed by atoms with E-state index in [2.05, 4.69) is 14.9 Å². The van der Waals surface area contributed by atoms with E-state index in [4.69, 9.17) is 11.6 Å². The zero-order valence-electron chi connectivity index (χ0n) is 12.6. The Morgan fingerprint density at radius 1 is 1.43 bits per heavy atom. The van der Waals surface area contributed by atoms with Crippen LogP contribution in [0.4, 0.5) is 0 Å². The van der Waals surface area contributed by atoms with Gasteiger partial charge in [-0.05, 0) is 49.3 Å². The summed E-state index contributed by atoms with van der Waals surface area (Å²) in [5.41, 5.74) is 0.596. The Balaban J connectivity index is 1.60. The van der Waals surface area contributed by atoms with E-state index in [0.29, 0.717) is 17.9 Å². The zero-order chi connectivity index (χ0) is 16.4. The molecule has 2 unspecified atom stereocenters. The number of nitrogens with zero attached hydrogens (tertiary/aromatic N) is 1. The lowest BCUT2D eigenvalue weighted by Crippen LogP contribution is -2.34. The minimum absolute atomic E-state index is 0.0424. The fraction of sp³-hybridized carbons (Fsp3) is 0.533. The first kappa shape index (κ1) is 15.4. The van der Waals surface area contributed by atoms with Crippen molar-refractivity contribution in [2.45, 2.75) is 31.4 Å². The summed E-state index contributed by atoms with van der Waals surface area (Å²) in [5, 5.41) is 19.4. The van der Waals surface area contributed by atoms with E-state index >= 15 is 0 Å². The highest BCUT2D eigenvalue weighted by atomic mass is 35.5. The molecule has 0 saturated heterocycles. The average molecular weight is 356 g/mol. The molecule has 3 N–H and O–H groups in total. The predicted molar refractivity (Wildman–Crippen MR) is 87.6 cm³/mol. The third-order valence-electron chi connectivity index (χ3n) is 5.20. The standard InChI is InChI=1S/C15H18ClN3O3S/c1-2-23(21,22)19-14-9-5-15(20,6-10(9)14)12-3-8(16)4-13-11(12)7-17-18-13/h3-4,7,9-10,14,19-20H,2,5-6H2,1H3,(H,17,18). The van der Waals surface area contributed by atoms with E-state index in [9.17, 15) is 13.5 Å². The monoisotopic (exact) mass is 355 g/mol. The molecule has 2 fully saturated rings. The highest BCUT2D eigenvalue weighted by molar-refractivity contribution is 7.89. The van der Waals surface area contributed by atoms with E-state index in [1.807, 2.05) is 0 Å². The van der Waals surface area contributed by atoms with Crippen LogP contribution in [0.25, 0.3) is 10.9 Å². The summed E-state index contributed by atoms with van der Waals surface area (Å²) in [6.45, 7) is 1.62.